The van der Waals surface area contributed by atoms with Crippen LogP contribution in [-0.2, 0) is 20.6 Å². The molecule has 0 amide bonds. The van der Waals surface area contributed by atoms with Crippen molar-refractivity contribution >= 4 is 33.0 Å². The van der Waals surface area contributed by atoms with E-state index in [9.17, 15) is 8.42 Å². The van der Waals surface area contributed by atoms with E-state index in [1.54, 1.807) is 12.1 Å². The van der Waals surface area contributed by atoms with Crippen molar-refractivity contribution in [1.82, 2.24) is 4.31 Å². The molecule has 102 valence electrons. The third kappa shape index (κ3) is 2.88. The van der Waals surface area contributed by atoms with E-state index >= 15 is 0 Å². The summed E-state index contributed by atoms with van der Waals surface area (Å²) in [5.41, 5.74) is 0. The molecule has 2 rings (SSSR count). The second-order valence-electron chi connectivity index (χ2n) is 4.12. The zero-order valence-corrected chi connectivity index (χ0v) is 12.5. The van der Waals surface area contributed by atoms with E-state index in [2.05, 4.69) is 0 Å². The normalized spacial score (nSPS) is 22.2. The number of rotatable bonds is 4. The Balaban J connectivity index is 2.19. The molecule has 7 heteroatoms. The van der Waals surface area contributed by atoms with Gasteiger partial charge in [0, 0.05) is 18.0 Å². The molecular weight excluding hydrogens is 294 g/mol. The Bertz CT molecular complexity index is 500. The highest BCUT2D eigenvalue weighted by Gasteiger charge is 2.31. The molecule has 0 saturated carbocycles. The summed E-state index contributed by atoms with van der Waals surface area (Å²) in [5, 5.41) is 0. The second-order valence-corrected chi connectivity index (χ2v) is 7.72. The minimum Gasteiger partial charge on any atom is -0.375 e. The molecule has 0 radical (unpaired) electrons. The first-order chi connectivity index (χ1) is 8.57. The topological polar surface area (TPSA) is 46.6 Å². The van der Waals surface area contributed by atoms with Crippen LogP contribution in [0.2, 0.25) is 0 Å². The van der Waals surface area contributed by atoms with E-state index in [0.717, 1.165) is 11.3 Å². The summed E-state index contributed by atoms with van der Waals surface area (Å²) >= 11 is 6.94. The molecule has 1 atom stereocenters. The van der Waals surface area contributed by atoms with Crippen LogP contribution in [0.4, 0.5) is 0 Å². The lowest BCUT2D eigenvalue weighted by Crippen LogP contribution is -2.45. The number of hydrogen-bond donors (Lipinski definition) is 0. The van der Waals surface area contributed by atoms with Gasteiger partial charge in [0.25, 0.3) is 10.0 Å². The van der Waals surface area contributed by atoms with Crippen LogP contribution in [0.25, 0.3) is 0 Å². The Hall–Kier alpha value is -0.140. The first-order valence-corrected chi connectivity index (χ1v) is 8.63. The number of ether oxygens (including phenoxy) is 1. The summed E-state index contributed by atoms with van der Waals surface area (Å²) in [6.07, 6.45) is 0.824. The van der Waals surface area contributed by atoms with E-state index < -0.39 is 10.0 Å². The van der Waals surface area contributed by atoms with E-state index in [0.29, 0.717) is 29.8 Å². The van der Waals surface area contributed by atoms with E-state index in [1.807, 2.05) is 6.92 Å². The standard InChI is InChI=1S/C11H16ClNO3S2/c1-2-9-8-13(5-6-16-9)18(14,15)11-4-3-10(7-12)17-11/h3-4,9H,2,5-8H2,1H3. The van der Waals surface area contributed by atoms with Crippen LogP contribution in [0.3, 0.4) is 0 Å². The quantitative estimate of drug-likeness (QED) is 0.802. The summed E-state index contributed by atoms with van der Waals surface area (Å²) < 4.78 is 32.2. The maximum absolute atomic E-state index is 12.4. The average Bonchev–Trinajstić information content (AvgIpc) is 2.88. The molecule has 18 heavy (non-hydrogen) atoms. The van der Waals surface area contributed by atoms with Crippen molar-refractivity contribution in [2.45, 2.75) is 29.5 Å². The van der Waals surface area contributed by atoms with Gasteiger partial charge in [-0.15, -0.1) is 22.9 Å². The lowest BCUT2D eigenvalue weighted by Gasteiger charge is -2.31. The minimum atomic E-state index is -3.38. The number of morpholine rings is 1. The summed E-state index contributed by atoms with van der Waals surface area (Å²) in [7, 11) is -3.38. The van der Waals surface area contributed by atoms with Gasteiger partial charge in [0.05, 0.1) is 18.6 Å². The largest absolute Gasteiger partial charge is 0.375 e. The van der Waals surface area contributed by atoms with Crippen LogP contribution >= 0.6 is 22.9 Å². The molecule has 1 aliphatic heterocycles. The molecule has 0 spiro atoms. The lowest BCUT2D eigenvalue weighted by atomic mass is 10.2. The Kier molecular flexibility index (Phi) is 4.66. The lowest BCUT2D eigenvalue weighted by molar-refractivity contribution is -0.00272. The monoisotopic (exact) mass is 309 g/mol. The zero-order chi connectivity index (χ0) is 13.2. The highest BCUT2D eigenvalue weighted by molar-refractivity contribution is 7.91. The van der Waals surface area contributed by atoms with Crippen molar-refractivity contribution < 1.29 is 13.2 Å². The van der Waals surface area contributed by atoms with Gasteiger partial charge in [-0.2, -0.15) is 4.31 Å². The molecule has 1 fully saturated rings. The molecule has 0 aromatic carbocycles. The number of nitrogens with zero attached hydrogens (tertiary/aromatic N) is 1. The third-order valence-corrected chi connectivity index (χ3v) is 6.78. The molecule has 0 aliphatic carbocycles. The SMILES string of the molecule is CCC1CN(S(=O)(=O)c2ccc(CCl)s2)CCO1. The maximum atomic E-state index is 12.4. The van der Waals surface area contributed by atoms with Gasteiger partial charge in [0.1, 0.15) is 4.21 Å². The van der Waals surface area contributed by atoms with E-state index in [4.69, 9.17) is 16.3 Å². The number of hydrogen-bond acceptors (Lipinski definition) is 4. The zero-order valence-electron chi connectivity index (χ0n) is 10.1. The Labute approximate surface area is 117 Å². The summed E-state index contributed by atoms with van der Waals surface area (Å²) in [5.74, 6) is 0.348. The maximum Gasteiger partial charge on any atom is 0.252 e. The van der Waals surface area contributed by atoms with Gasteiger partial charge in [0.15, 0.2) is 0 Å². The average molecular weight is 310 g/mol. The molecule has 1 unspecified atom stereocenters. The minimum absolute atomic E-state index is 0.000912. The van der Waals surface area contributed by atoms with Gasteiger partial charge in [-0.1, -0.05) is 6.92 Å². The second kappa shape index (κ2) is 5.88. The van der Waals surface area contributed by atoms with Crippen LogP contribution in [0.1, 0.15) is 18.2 Å². The Morgan fingerprint density at radius 2 is 2.33 bits per heavy atom. The van der Waals surface area contributed by atoms with Crippen molar-refractivity contribution in [1.29, 1.82) is 0 Å². The number of thiophene rings is 1. The molecular formula is C11H16ClNO3S2. The van der Waals surface area contributed by atoms with Crippen molar-refractivity contribution in [3.8, 4) is 0 Å². The summed E-state index contributed by atoms with van der Waals surface area (Å²) in [4.78, 5) is 0.871. The van der Waals surface area contributed by atoms with Gasteiger partial charge >= 0.3 is 0 Å². The van der Waals surface area contributed by atoms with Gasteiger partial charge < -0.3 is 4.74 Å². The molecule has 1 aromatic rings. The fraction of sp³-hybridized carbons (Fsp3) is 0.636. The van der Waals surface area contributed by atoms with Crippen LogP contribution in [0.5, 0.6) is 0 Å². The summed E-state index contributed by atoms with van der Waals surface area (Å²) in [6.45, 7) is 3.32. The number of halogens is 1. The number of sulfonamides is 1. The van der Waals surface area contributed by atoms with Crippen LogP contribution in [0.15, 0.2) is 16.3 Å². The van der Waals surface area contributed by atoms with Crippen LogP contribution in [0, 0.1) is 0 Å². The highest BCUT2D eigenvalue weighted by Crippen LogP contribution is 2.27. The molecule has 2 heterocycles. The predicted octanol–water partition coefficient (Wildman–Crippen LogP) is 2.29. The summed E-state index contributed by atoms with van der Waals surface area (Å²) in [6, 6.07) is 3.40. The first kappa shape index (κ1) is 14.3. The highest BCUT2D eigenvalue weighted by atomic mass is 35.5. The van der Waals surface area contributed by atoms with Crippen LogP contribution in [-0.4, -0.2) is 38.5 Å². The van der Waals surface area contributed by atoms with Crippen molar-refractivity contribution in [2.24, 2.45) is 0 Å². The van der Waals surface area contributed by atoms with Gasteiger partial charge in [-0.3, -0.25) is 0 Å². The van der Waals surface area contributed by atoms with Gasteiger partial charge in [0.2, 0.25) is 0 Å². The van der Waals surface area contributed by atoms with Gasteiger partial charge in [-0.25, -0.2) is 8.42 Å². The van der Waals surface area contributed by atoms with E-state index in [-0.39, 0.29) is 6.10 Å². The van der Waals surface area contributed by atoms with Crippen LogP contribution < -0.4 is 0 Å². The molecule has 0 N–H and O–H groups in total. The van der Waals surface area contributed by atoms with Crippen molar-refractivity contribution in [2.75, 3.05) is 19.7 Å². The molecule has 1 aliphatic rings. The Morgan fingerprint density at radius 3 is 2.94 bits per heavy atom. The third-order valence-electron chi connectivity index (χ3n) is 2.92. The molecule has 1 saturated heterocycles. The smallest absolute Gasteiger partial charge is 0.252 e. The predicted molar refractivity (Wildman–Crippen MR) is 72.7 cm³/mol. The molecule has 1 aromatic heterocycles. The van der Waals surface area contributed by atoms with Crippen molar-refractivity contribution in [3.05, 3.63) is 17.0 Å². The number of alkyl halides is 1. The first-order valence-electron chi connectivity index (χ1n) is 5.84. The molecule has 4 nitrogen and oxygen atoms in total. The van der Waals surface area contributed by atoms with E-state index in [1.165, 1.54) is 15.6 Å². The van der Waals surface area contributed by atoms with Crippen molar-refractivity contribution in [3.63, 3.8) is 0 Å². The fourth-order valence-electron chi connectivity index (χ4n) is 1.85. The fourth-order valence-corrected chi connectivity index (χ4v) is 4.92. The van der Waals surface area contributed by atoms with Gasteiger partial charge in [-0.05, 0) is 18.6 Å². The Morgan fingerprint density at radius 1 is 1.56 bits per heavy atom. The molecule has 0 bridgehead atoms.